The molecule has 0 heterocycles. The molecule has 0 aromatic heterocycles. The maximum atomic E-state index is 10.4. The molecule has 2 heteroatoms. The molecule has 88 valence electrons. The Hall–Kier alpha value is -0.0800. The molecule has 2 fully saturated rings. The number of ether oxygens (including phenoxy) is 1. The van der Waals surface area contributed by atoms with Gasteiger partial charge in [-0.3, -0.25) is 0 Å². The molecule has 1 N–H and O–H groups in total. The molecule has 2 nitrogen and oxygen atoms in total. The summed E-state index contributed by atoms with van der Waals surface area (Å²) < 4.78 is 5.73. The summed E-state index contributed by atoms with van der Waals surface area (Å²) in [6.07, 6.45) is 10.7. The van der Waals surface area contributed by atoms with Crippen molar-refractivity contribution in [3.05, 3.63) is 0 Å². The SMILES string of the molecule is COC1(C(O)C2CCC2)CCCCCC1. The van der Waals surface area contributed by atoms with Crippen LogP contribution in [-0.4, -0.2) is 23.9 Å². The number of aliphatic hydroxyl groups excluding tert-OH is 1. The quantitative estimate of drug-likeness (QED) is 0.729. The van der Waals surface area contributed by atoms with Crippen LogP contribution in [0.3, 0.4) is 0 Å². The van der Waals surface area contributed by atoms with Gasteiger partial charge in [-0.15, -0.1) is 0 Å². The maximum absolute atomic E-state index is 10.4. The molecular formula is C13H24O2. The van der Waals surface area contributed by atoms with Gasteiger partial charge in [-0.2, -0.15) is 0 Å². The fourth-order valence-electron chi connectivity index (χ4n) is 3.13. The van der Waals surface area contributed by atoms with Gasteiger partial charge >= 0.3 is 0 Å². The average molecular weight is 212 g/mol. The lowest BCUT2D eigenvalue weighted by atomic mass is 9.72. The Labute approximate surface area is 93.0 Å². The minimum atomic E-state index is -0.214. The average Bonchev–Trinajstić information content (AvgIpc) is 2.40. The van der Waals surface area contributed by atoms with Crippen LogP contribution in [0, 0.1) is 5.92 Å². The van der Waals surface area contributed by atoms with Gasteiger partial charge in [-0.05, 0) is 31.6 Å². The van der Waals surface area contributed by atoms with Crippen LogP contribution in [-0.2, 0) is 4.74 Å². The summed E-state index contributed by atoms with van der Waals surface area (Å²) in [6, 6.07) is 0. The lowest BCUT2D eigenvalue weighted by Crippen LogP contribution is -2.49. The maximum Gasteiger partial charge on any atom is 0.0939 e. The number of aliphatic hydroxyl groups is 1. The number of hydrogen-bond acceptors (Lipinski definition) is 2. The van der Waals surface area contributed by atoms with Crippen molar-refractivity contribution in [3.63, 3.8) is 0 Å². The highest BCUT2D eigenvalue weighted by molar-refractivity contribution is 4.95. The highest BCUT2D eigenvalue weighted by Gasteiger charge is 2.43. The Bertz CT molecular complexity index is 191. The largest absolute Gasteiger partial charge is 0.390 e. The zero-order valence-electron chi connectivity index (χ0n) is 9.87. The second-order valence-corrected chi connectivity index (χ2v) is 5.32. The Morgan fingerprint density at radius 1 is 1.07 bits per heavy atom. The molecule has 1 unspecified atom stereocenters. The summed E-state index contributed by atoms with van der Waals surface area (Å²) in [5.41, 5.74) is -0.207. The van der Waals surface area contributed by atoms with E-state index in [4.69, 9.17) is 4.74 Å². The molecule has 0 aromatic carbocycles. The van der Waals surface area contributed by atoms with E-state index in [2.05, 4.69) is 0 Å². The van der Waals surface area contributed by atoms with E-state index >= 15 is 0 Å². The fourth-order valence-corrected chi connectivity index (χ4v) is 3.13. The van der Waals surface area contributed by atoms with Crippen LogP contribution in [0.15, 0.2) is 0 Å². The topological polar surface area (TPSA) is 29.5 Å². The van der Waals surface area contributed by atoms with Crippen LogP contribution in [0.4, 0.5) is 0 Å². The van der Waals surface area contributed by atoms with Gasteiger partial charge in [0, 0.05) is 7.11 Å². The molecule has 1 atom stereocenters. The molecule has 0 amide bonds. The van der Waals surface area contributed by atoms with Gasteiger partial charge in [0.2, 0.25) is 0 Å². The van der Waals surface area contributed by atoms with Crippen molar-refractivity contribution in [1.82, 2.24) is 0 Å². The van der Waals surface area contributed by atoms with Gasteiger partial charge in [0.15, 0.2) is 0 Å². The van der Waals surface area contributed by atoms with Crippen molar-refractivity contribution in [2.75, 3.05) is 7.11 Å². The second-order valence-electron chi connectivity index (χ2n) is 5.32. The summed E-state index contributed by atoms with van der Waals surface area (Å²) in [5, 5.41) is 10.4. The first-order valence-electron chi connectivity index (χ1n) is 6.52. The summed E-state index contributed by atoms with van der Waals surface area (Å²) in [5.74, 6) is 0.517. The van der Waals surface area contributed by atoms with Crippen molar-refractivity contribution < 1.29 is 9.84 Å². The normalized spacial score (nSPS) is 29.2. The molecule has 0 bridgehead atoms. The smallest absolute Gasteiger partial charge is 0.0939 e. The van der Waals surface area contributed by atoms with Crippen LogP contribution < -0.4 is 0 Å². The lowest BCUT2D eigenvalue weighted by molar-refractivity contribution is -0.143. The molecule has 0 aliphatic heterocycles. The van der Waals surface area contributed by atoms with E-state index in [1.807, 2.05) is 0 Å². The lowest BCUT2D eigenvalue weighted by Gasteiger charge is -2.43. The van der Waals surface area contributed by atoms with Gasteiger partial charge in [0.1, 0.15) is 0 Å². The van der Waals surface area contributed by atoms with Crippen LogP contribution in [0.2, 0.25) is 0 Å². The van der Waals surface area contributed by atoms with Crippen molar-refractivity contribution in [2.24, 2.45) is 5.92 Å². The molecule has 2 rings (SSSR count). The third-order valence-corrected chi connectivity index (χ3v) is 4.49. The first kappa shape index (κ1) is 11.4. The third-order valence-electron chi connectivity index (χ3n) is 4.49. The van der Waals surface area contributed by atoms with Crippen molar-refractivity contribution in [2.45, 2.75) is 69.5 Å². The van der Waals surface area contributed by atoms with E-state index in [-0.39, 0.29) is 11.7 Å². The number of hydrogen-bond donors (Lipinski definition) is 1. The monoisotopic (exact) mass is 212 g/mol. The zero-order chi connectivity index (χ0) is 10.7. The molecular weight excluding hydrogens is 188 g/mol. The van der Waals surface area contributed by atoms with Gasteiger partial charge in [0.25, 0.3) is 0 Å². The Morgan fingerprint density at radius 3 is 2.07 bits per heavy atom. The van der Waals surface area contributed by atoms with Crippen molar-refractivity contribution >= 4 is 0 Å². The van der Waals surface area contributed by atoms with E-state index in [1.165, 1.54) is 44.9 Å². The molecule has 2 aliphatic rings. The summed E-state index contributed by atoms with van der Waals surface area (Å²) >= 11 is 0. The predicted molar refractivity (Wildman–Crippen MR) is 60.8 cm³/mol. The molecule has 0 aromatic rings. The molecule has 0 saturated heterocycles. The van der Waals surface area contributed by atoms with E-state index in [9.17, 15) is 5.11 Å². The second kappa shape index (κ2) is 4.84. The summed E-state index contributed by atoms with van der Waals surface area (Å²) in [7, 11) is 1.78. The van der Waals surface area contributed by atoms with E-state index in [0.717, 1.165) is 12.8 Å². The van der Waals surface area contributed by atoms with Gasteiger partial charge in [0.05, 0.1) is 11.7 Å². The minimum Gasteiger partial charge on any atom is -0.390 e. The van der Waals surface area contributed by atoms with Crippen molar-refractivity contribution in [1.29, 1.82) is 0 Å². The number of rotatable bonds is 3. The van der Waals surface area contributed by atoms with Crippen molar-refractivity contribution in [3.8, 4) is 0 Å². The van der Waals surface area contributed by atoms with Crippen LogP contribution >= 0.6 is 0 Å². The molecule has 0 radical (unpaired) electrons. The molecule has 2 saturated carbocycles. The van der Waals surface area contributed by atoms with Crippen LogP contribution in [0.5, 0.6) is 0 Å². The Kier molecular flexibility index (Phi) is 3.68. The highest BCUT2D eigenvalue weighted by atomic mass is 16.5. The van der Waals surface area contributed by atoms with Crippen LogP contribution in [0.1, 0.15) is 57.8 Å². The zero-order valence-corrected chi connectivity index (χ0v) is 9.87. The van der Waals surface area contributed by atoms with Gasteiger partial charge in [-0.25, -0.2) is 0 Å². The van der Waals surface area contributed by atoms with Crippen LogP contribution in [0.25, 0.3) is 0 Å². The first-order chi connectivity index (χ1) is 7.28. The number of methoxy groups -OCH3 is 1. The summed E-state index contributed by atoms with van der Waals surface area (Å²) in [4.78, 5) is 0. The highest BCUT2D eigenvalue weighted by Crippen LogP contribution is 2.41. The Morgan fingerprint density at radius 2 is 1.67 bits per heavy atom. The molecule has 0 spiro atoms. The van der Waals surface area contributed by atoms with Gasteiger partial charge in [-0.1, -0.05) is 32.1 Å². The van der Waals surface area contributed by atoms with E-state index in [0.29, 0.717) is 5.92 Å². The minimum absolute atomic E-state index is 0.207. The molecule has 2 aliphatic carbocycles. The summed E-state index contributed by atoms with van der Waals surface area (Å²) in [6.45, 7) is 0. The van der Waals surface area contributed by atoms with Gasteiger partial charge < -0.3 is 9.84 Å². The predicted octanol–water partition coefficient (Wildman–Crippen LogP) is 2.89. The molecule has 15 heavy (non-hydrogen) atoms. The fraction of sp³-hybridized carbons (Fsp3) is 1.00. The standard InChI is InChI=1S/C13H24O2/c1-15-13(9-4-2-3-5-10-13)12(14)11-7-6-8-11/h11-12,14H,2-10H2,1H3. The third kappa shape index (κ3) is 2.21. The first-order valence-corrected chi connectivity index (χ1v) is 6.52. The Balaban J connectivity index is 2.03. The van der Waals surface area contributed by atoms with E-state index in [1.54, 1.807) is 7.11 Å². The van der Waals surface area contributed by atoms with E-state index < -0.39 is 0 Å².